The fraction of sp³-hybridized carbons (Fsp3) is 0.286. The summed E-state index contributed by atoms with van der Waals surface area (Å²) in [7, 11) is 0. The molecule has 5 heteroatoms. The molecule has 19 heavy (non-hydrogen) atoms. The molecule has 0 atom stereocenters. The zero-order chi connectivity index (χ0) is 13.2. The van der Waals surface area contributed by atoms with Gasteiger partial charge in [0.25, 0.3) is 5.56 Å². The van der Waals surface area contributed by atoms with E-state index in [-0.39, 0.29) is 11.2 Å². The second kappa shape index (κ2) is 5.09. The number of aromatic nitrogens is 2. The van der Waals surface area contributed by atoms with E-state index in [1.54, 1.807) is 22.4 Å². The zero-order valence-electron chi connectivity index (χ0n) is 10.4. The topological polar surface area (TPSA) is 44.0 Å². The lowest BCUT2D eigenvalue weighted by molar-refractivity contribution is 0.580. The van der Waals surface area contributed by atoms with Crippen LogP contribution in [-0.4, -0.2) is 14.9 Å². The van der Waals surface area contributed by atoms with Gasteiger partial charge in [-0.1, -0.05) is 30.3 Å². The lowest BCUT2D eigenvalue weighted by Gasteiger charge is -2.19. The maximum Gasteiger partial charge on any atom is 0.331 e. The maximum absolute atomic E-state index is 12.4. The molecule has 0 spiro atoms. The molecule has 1 aliphatic rings. The molecular formula is C14H14N2O2S. The van der Waals surface area contributed by atoms with Gasteiger partial charge in [-0.05, 0) is 5.56 Å². The van der Waals surface area contributed by atoms with Crippen molar-refractivity contribution >= 4 is 11.8 Å². The van der Waals surface area contributed by atoms with E-state index in [0.717, 1.165) is 22.8 Å². The molecule has 1 aromatic carbocycles. The molecule has 0 unspecified atom stereocenters. The van der Waals surface area contributed by atoms with E-state index < -0.39 is 0 Å². The maximum atomic E-state index is 12.4. The van der Waals surface area contributed by atoms with E-state index in [1.807, 2.05) is 30.3 Å². The monoisotopic (exact) mass is 274 g/mol. The molecule has 0 saturated carbocycles. The Hall–Kier alpha value is -1.75. The van der Waals surface area contributed by atoms with Crippen LogP contribution in [0.1, 0.15) is 11.3 Å². The molecular weight excluding hydrogens is 260 g/mol. The molecule has 2 heterocycles. The van der Waals surface area contributed by atoms with Crippen LogP contribution in [0, 0.1) is 0 Å². The lowest BCUT2D eigenvalue weighted by Crippen LogP contribution is -2.42. The summed E-state index contributed by atoms with van der Waals surface area (Å²) in [6, 6.07) is 11.2. The van der Waals surface area contributed by atoms with Crippen molar-refractivity contribution in [2.24, 2.45) is 0 Å². The van der Waals surface area contributed by atoms with Crippen molar-refractivity contribution in [3.63, 3.8) is 0 Å². The molecule has 0 N–H and O–H groups in total. The predicted molar refractivity (Wildman–Crippen MR) is 76.7 cm³/mol. The van der Waals surface area contributed by atoms with E-state index in [2.05, 4.69) is 0 Å². The van der Waals surface area contributed by atoms with Crippen molar-refractivity contribution in [3.05, 3.63) is 68.5 Å². The highest BCUT2D eigenvalue weighted by molar-refractivity contribution is 7.98. The summed E-state index contributed by atoms with van der Waals surface area (Å²) >= 11 is 1.76. The molecule has 0 radical (unpaired) electrons. The van der Waals surface area contributed by atoms with Gasteiger partial charge in [-0.3, -0.25) is 13.9 Å². The Bertz CT molecular complexity index is 704. The first-order chi connectivity index (χ1) is 9.25. The Labute approximate surface area is 114 Å². The summed E-state index contributed by atoms with van der Waals surface area (Å²) in [6.07, 6.45) is 0. The van der Waals surface area contributed by atoms with Crippen molar-refractivity contribution in [3.8, 4) is 0 Å². The van der Waals surface area contributed by atoms with Gasteiger partial charge in [0.1, 0.15) is 0 Å². The SMILES string of the molecule is O=c1cc2n(c(=O)n1Cc1ccccc1)CCSC2. The molecule has 0 amide bonds. The van der Waals surface area contributed by atoms with Crippen LogP contribution in [-0.2, 0) is 18.8 Å². The molecule has 4 nitrogen and oxygen atoms in total. The Balaban J connectivity index is 2.07. The summed E-state index contributed by atoms with van der Waals surface area (Å²) in [6.45, 7) is 1.03. The second-order valence-electron chi connectivity index (χ2n) is 4.53. The minimum absolute atomic E-state index is 0.188. The van der Waals surface area contributed by atoms with Crippen LogP contribution in [0.25, 0.3) is 0 Å². The standard InChI is InChI=1S/C14H14N2O2S/c17-13-8-12-10-19-7-6-15(12)14(18)16(13)9-11-4-2-1-3-5-11/h1-5,8H,6-7,9-10H2. The fourth-order valence-corrected chi connectivity index (χ4v) is 3.17. The molecule has 0 saturated heterocycles. The largest absolute Gasteiger partial charge is 0.331 e. The predicted octanol–water partition coefficient (Wildman–Crippen LogP) is 1.31. The first-order valence-electron chi connectivity index (χ1n) is 6.21. The van der Waals surface area contributed by atoms with Crippen molar-refractivity contribution in [2.45, 2.75) is 18.8 Å². The number of thioether (sulfide) groups is 1. The Kier molecular flexibility index (Phi) is 3.29. The number of nitrogens with zero attached hydrogens (tertiary/aromatic N) is 2. The molecule has 1 aliphatic heterocycles. The van der Waals surface area contributed by atoms with Gasteiger partial charge in [0.05, 0.1) is 6.54 Å². The molecule has 98 valence electrons. The van der Waals surface area contributed by atoms with Crippen molar-refractivity contribution in [1.82, 2.24) is 9.13 Å². The molecule has 2 aromatic rings. The van der Waals surface area contributed by atoms with Crippen molar-refractivity contribution < 1.29 is 0 Å². The third kappa shape index (κ3) is 2.38. The number of hydrogen-bond donors (Lipinski definition) is 0. The molecule has 0 aliphatic carbocycles. The van der Waals surface area contributed by atoms with Gasteiger partial charge in [-0.15, -0.1) is 0 Å². The van der Waals surface area contributed by atoms with Crippen LogP contribution in [0.4, 0.5) is 0 Å². The molecule has 3 rings (SSSR count). The highest BCUT2D eigenvalue weighted by Crippen LogP contribution is 2.15. The minimum atomic E-state index is -0.206. The van der Waals surface area contributed by atoms with Gasteiger partial charge < -0.3 is 0 Å². The number of hydrogen-bond acceptors (Lipinski definition) is 3. The summed E-state index contributed by atoms with van der Waals surface area (Å²) < 4.78 is 3.04. The van der Waals surface area contributed by atoms with Gasteiger partial charge in [0.2, 0.25) is 0 Å². The highest BCUT2D eigenvalue weighted by atomic mass is 32.2. The van der Waals surface area contributed by atoms with Crippen LogP contribution >= 0.6 is 11.8 Å². The first kappa shape index (κ1) is 12.3. The molecule has 1 aromatic heterocycles. The Morgan fingerprint density at radius 2 is 1.95 bits per heavy atom. The summed E-state index contributed by atoms with van der Waals surface area (Å²) in [4.78, 5) is 24.4. The van der Waals surface area contributed by atoms with Crippen molar-refractivity contribution in [2.75, 3.05) is 5.75 Å². The third-order valence-corrected chi connectivity index (χ3v) is 4.23. The normalized spacial score (nSPS) is 14.1. The molecule has 0 fully saturated rings. The first-order valence-corrected chi connectivity index (χ1v) is 7.36. The van der Waals surface area contributed by atoms with Gasteiger partial charge in [0, 0.05) is 29.8 Å². The zero-order valence-corrected chi connectivity index (χ0v) is 11.2. The second-order valence-corrected chi connectivity index (χ2v) is 5.64. The molecule has 0 bridgehead atoms. The van der Waals surface area contributed by atoms with E-state index in [0.29, 0.717) is 13.1 Å². The Morgan fingerprint density at radius 1 is 1.16 bits per heavy atom. The average molecular weight is 274 g/mol. The highest BCUT2D eigenvalue weighted by Gasteiger charge is 2.14. The minimum Gasteiger partial charge on any atom is -0.296 e. The summed E-state index contributed by atoms with van der Waals surface area (Å²) in [5, 5.41) is 0. The van der Waals surface area contributed by atoms with Gasteiger partial charge in [-0.25, -0.2) is 4.79 Å². The summed E-state index contributed by atoms with van der Waals surface area (Å²) in [5.74, 6) is 1.67. The van der Waals surface area contributed by atoms with Gasteiger partial charge in [-0.2, -0.15) is 11.8 Å². The van der Waals surface area contributed by atoms with Gasteiger partial charge in [0.15, 0.2) is 0 Å². The van der Waals surface area contributed by atoms with Crippen LogP contribution in [0.3, 0.4) is 0 Å². The fourth-order valence-electron chi connectivity index (χ4n) is 2.26. The van der Waals surface area contributed by atoms with Gasteiger partial charge >= 0.3 is 5.69 Å². The Morgan fingerprint density at radius 3 is 2.74 bits per heavy atom. The number of benzene rings is 1. The van der Waals surface area contributed by atoms with E-state index in [1.165, 1.54) is 4.57 Å². The van der Waals surface area contributed by atoms with E-state index in [4.69, 9.17) is 0 Å². The quantitative estimate of drug-likeness (QED) is 0.829. The smallest absolute Gasteiger partial charge is 0.296 e. The van der Waals surface area contributed by atoms with Crippen LogP contribution in [0.2, 0.25) is 0 Å². The van der Waals surface area contributed by atoms with Crippen molar-refractivity contribution in [1.29, 1.82) is 0 Å². The average Bonchev–Trinajstić information content (AvgIpc) is 2.45. The third-order valence-electron chi connectivity index (χ3n) is 3.26. The van der Waals surface area contributed by atoms with Crippen LogP contribution < -0.4 is 11.2 Å². The van der Waals surface area contributed by atoms with Crippen LogP contribution in [0.15, 0.2) is 46.0 Å². The number of fused-ring (bicyclic) bond motifs is 1. The number of rotatable bonds is 2. The van der Waals surface area contributed by atoms with E-state index >= 15 is 0 Å². The van der Waals surface area contributed by atoms with Crippen LogP contribution in [0.5, 0.6) is 0 Å². The summed E-state index contributed by atoms with van der Waals surface area (Å²) in [5.41, 5.74) is 1.41. The lowest BCUT2D eigenvalue weighted by atomic mass is 10.2. The van der Waals surface area contributed by atoms with E-state index in [9.17, 15) is 9.59 Å².